The molecular formula is C26H38CdO2. The third-order valence-electron chi connectivity index (χ3n) is 5.04. The molecule has 29 heavy (non-hydrogen) atoms. The number of hydrogen-bond acceptors (Lipinski definition) is 2. The molecule has 0 atom stereocenters. The molecule has 0 unspecified atom stereocenters. The smallest absolute Gasteiger partial charge is 0.872 e. The number of unbranched alkanes of at least 4 members (excludes halogenated alkanes) is 8. The van der Waals surface area contributed by atoms with Crippen molar-refractivity contribution in [1.82, 2.24) is 0 Å². The molecular weight excluding hydrogens is 457 g/mol. The van der Waals surface area contributed by atoms with Gasteiger partial charge in [0.05, 0.1) is 0 Å². The van der Waals surface area contributed by atoms with Crippen molar-refractivity contribution in [3.63, 3.8) is 0 Å². The Hall–Kier alpha value is -1.04. The molecule has 0 aromatic heterocycles. The van der Waals surface area contributed by atoms with Crippen LogP contribution in [0, 0.1) is 0 Å². The first-order valence-electron chi connectivity index (χ1n) is 11.2. The van der Waals surface area contributed by atoms with E-state index in [1.165, 1.54) is 51.4 Å². The molecule has 2 aromatic rings. The van der Waals surface area contributed by atoms with Gasteiger partial charge in [0.1, 0.15) is 0 Å². The van der Waals surface area contributed by atoms with Crippen LogP contribution in [0.15, 0.2) is 48.5 Å². The zero-order valence-electron chi connectivity index (χ0n) is 18.6. The van der Waals surface area contributed by atoms with Gasteiger partial charge in [0.2, 0.25) is 0 Å². The summed E-state index contributed by atoms with van der Waals surface area (Å²) in [7, 11) is 0. The average molecular weight is 495 g/mol. The summed E-state index contributed by atoms with van der Waals surface area (Å²) in [4.78, 5) is 0. The average Bonchev–Trinajstić information content (AvgIpc) is 2.71. The molecule has 0 amide bonds. The fourth-order valence-electron chi connectivity index (χ4n) is 3.26. The van der Waals surface area contributed by atoms with Crippen molar-refractivity contribution in [3.05, 3.63) is 59.7 Å². The van der Waals surface area contributed by atoms with Gasteiger partial charge >= 0.3 is 27.3 Å². The summed E-state index contributed by atoms with van der Waals surface area (Å²) in [5.74, 6) is 0.394. The van der Waals surface area contributed by atoms with Crippen LogP contribution in [0.1, 0.15) is 89.2 Å². The van der Waals surface area contributed by atoms with Gasteiger partial charge in [-0.2, -0.15) is 0 Å². The van der Waals surface area contributed by atoms with Crippen LogP contribution in [0.2, 0.25) is 0 Å². The zero-order chi connectivity index (χ0) is 20.5. The minimum atomic E-state index is 0. The maximum atomic E-state index is 11.3. The van der Waals surface area contributed by atoms with Gasteiger partial charge in [-0.3, -0.25) is 0 Å². The second-order valence-corrected chi connectivity index (χ2v) is 7.54. The maximum absolute atomic E-state index is 11.3. The van der Waals surface area contributed by atoms with E-state index in [0.717, 1.165) is 36.8 Å². The molecule has 0 fully saturated rings. The first kappa shape index (κ1) is 28.0. The standard InChI is InChI=1S/2C13H20O.Cd/c2*1-2-3-4-5-6-9-12-10-7-8-11-13(12)14;/h2*7-8,10-11,14H,2-6,9H2,1H3;/q;;+2/p-2. The normalized spacial score (nSPS) is 10.0. The Bertz CT molecular complexity index is 572. The fraction of sp³-hybridized carbons (Fsp3) is 0.538. The van der Waals surface area contributed by atoms with Crippen LogP contribution in [-0.2, 0) is 40.1 Å². The Morgan fingerprint density at radius 1 is 0.517 bits per heavy atom. The summed E-state index contributed by atoms with van der Waals surface area (Å²) >= 11 is 0. The molecule has 3 heteroatoms. The van der Waals surface area contributed by atoms with Gasteiger partial charge in [-0.25, -0.2) is 0 Å². The summed E-state index contributed by atoms with van der Waals surface area (Å²) in [6, 6.07) is 14.7. The molecule has 0 aliphatic rings. The molecule has 0 spiro atoms. The molecule has 0 saturated heterocycles. The molecule has 0 saturated carbocycles. The predicted octanol–water partition coefficient (Wildman–Crippen LogP) is 6.54. The molecule has 0 aliphatic carbocycles. The van der Waals surface area contributed by atoms with Crippen LogP contribution < -0.4 is 10.2 Å². The Labute approximate surface area is 198 Å². The molecule has 0 radical (unpaired) electrons. The topological polar surface area (TPSA) is 46.1 Å². The van der Waals surface area contributed by atoms with Crippen LogP contribution in [0.4, 0.5) is 0 Å². The zero-order valence-corrected chi connectivity index (χ0v) is 22.7. The Morgan fingerprint density at radius 3 is 1.21 bits per heavy atom. The number of benzene rings is 2. The number of aryl methyl sites for hydroxylation is 2. The van der Waals surface area contributed by atoms with E-state index >= 15 is 0 Å². The van der Waals surface area contributed by atoms with E-state index in [1.807, 2.05) is 36.4 Å². The molecule has 0 N–H and O–H groups in total. The van der Waals surface area contributed by atoms with Crippen molar-refractivity contribution in [1.29, 1.82) is 0 Å². The first-order valence-corrected chi connectivity index (χ1v) is 11.2. The van der Waals surface area contributed by atoms with E-state index in [9.17, 15) is 10.2 Å². The summed E-state index contributed by atoms with van der Waals surface area (Å²) < 4.78 is 0. The molecule has 0 heterocycles. The predicted molar refractivity (Wildman–Crippen MR) is 117 cm³/mol. The van der Waals surface area contributed by atoms with E-state index in [0.29, 0.717) is 0 Å². The van der Waals surface area contributed by atoms with E-state index < -0.39 is 0 Å². The number of hydrogen-bond donors (Lipinski definition) is 0. The van der Waals surface area contributed by atoms with Gasteiger partial charge in [-0.1, -0.05) is 125 Å². The third-order valence-corrected chi connectivity index (χ3v) is 5.04. The molecule has 2 nitrogen and oxygen atoms in total. The monoisotopic (exact) mass is 496 g/mol. The summed E-state index contributed by atoms with van der Waals surface area (Å²) in [6.07, 6.45) is 14.5. The molecule has 0 aliphatic heterocycles. The Morgan fingerprint density at radius 2 is 0.862 bits per heavy atom. The summed E-state index contributed by atoms with van der Waals surface area (Å²) in [6.45, 7) is 4.43. The van der Waals surface area contributed by atoms with E-state index in [4.69, 9.17) is 0 Å². The van der Waals surface area contributed by atoms with Crippen LogP contribution in [0.5, 0.6) is 11.5 Å². The van der Waals surface area contributed by atoms with Crippen LogP contribution in [0.25, 0.3) is 0 Å². The van der Waals surface area contributed by atoms with Crippen molar-refractivity contribution in [2.45, 2.75) is 90.9 Å². The van der Waals surface area contributed by atoms with Crippen molar-refractivity contribution in [2.24, 2.45) is 0 Å². The van der Waals surface area contributed by atoms with Crippen LogP contribution >= 0.6 is 0 Å². The van der Waals surface area contributed by atoms with E-state index in [1.54, 1.807) is 12.1 Å². The van der Waals surface area contributed by atoms with Gasteiger partial charge in [0, 0.05) is 0 Å². The van der Waals surface area contributed by atoms with Gasteiger partial charge in [0.25, 0.3) is 0 Å². The van der Waals surface area contributed by atoms with Gasteiger partial charge in [-0.05, 0) is 25.7 Å². The van der Waals surface area contributed by atoms with Crippen molar-refractivity contribution < 1.29 is 37.5 Å². The quantitative estimate of drug-likeness (QED) is 0.248. The molecule has 0 bridgehead atoms. The second-order valence-electron chi connectivity index (χ2n) is 7.54. The van der Waals surface area contributed by atoms with E-state index in [2.05, 4.69) is 13.8 Å². The van der Waals surface area contributed by atoms with Crippen LogP contribution in [0.3, 0.4) is 0 Å². The van der Waals surface area contributed by atoms with E-state index in [-0.39, 0.29) is 38.8 Å². The molecule has 2 aromatic carbocycles. The van der Waals surface area contributed by atoms with Gasteiger partial charge in [0.15, 0.2) is 0 Å². The van der Waals surface area contributed by atoms with Crippen molar-refractivity contribution in [2.75, 3.05) is 0 Å². The maximum Gasteiger partial charge on any atom is 2.00 e. The SMILES string of the molecule is CCCCCCCc1ccccc1[O-].CCCCCCCc1ccccc1[O-].[Cd+2]. The Kier molecular flexibility index (Phi) is 18.3. The Balaban J connectivity index is 0.000000523. The summed E-state index contributed by atoms with van der Waals surface area (Å²) in [5.41, 5.74) is 1.95. The van der Waals surface area contributed by atoms with Crippen molar-refractivity contribution in [3.8, 4) is 11.5 Å². The fourth-order valence-corrected chi connectivity index (χ4v) is 3.26. The molecule has 156 valence electrons. The molecule has 2 rings (SSSR count). The largest absolute Gasteiger partial charge is 2.00 e. The van der Waals surface area contributed by atoms with Crippen LogP contribution in [-0.4, -0.2) is 0 Å². The number of para-hydroxylation sites is 2. The minimum absolute atomic E-state index is 0. The first-order chi connectivity index (χ1) is 13.7. The summed E-state index contributed by atoms with van der Waals surface area (Å²) in [5, 5.41) is 22.7. The van der Waals surface area contributed by atoms with Crippen molar-refractivity contribution >= 4 is 0 Å². The minimum Gasteiger partial charge on any atom is -0.872 e. The number of rotatable bonds is 12. The van der Waals surface area contributed by atoms with Gasteiger partial charge in [-0.15, -0.1) is 11.5 Å². The van der Waals surface area contributed by atoms with Gasteiger partial charge < -0.3 is 10.2 Å². The second kappa shape index (κ2) is 19.0. The third kappa shape index (κ3) is 13.7.